The number of nitrogens with one attached hydrogen (secondary N) is 1. The first-order valence-electron chi connectivity index (χ1n) is 5.85. The summed E-state index contributed by atoms with van der Waals surface area (Å²) in [5.41, 5.74) is 0.894. The maximum absolute atomic E-state index is 11.8. The maximum Gasteiger partial charge on any atom is 0.229 e. The summed E-state index contributed by atoms with van der Waals surface area (Å²) in [6.45, 7) is 2.37. The minimum Gasteiger partial charge on any atom is -0.351 e. The van der Waals surface area contributed by atoms with Gasteiger partial charge in [0.1, 0.15) is 0 Å². The van der Waals surface area contributed by atoms with E-state index in [4.69, 9.17) is 0 Å². The van der Waals surface area contributed by atoms with Crippen LogP contribution in [0.2, 0.25) is 0 Å². The number of carbonyl (C=O) groups excluding carboxylic acids is 2. The zero-order valence-electron chi connectivity index (χ0n) is 9.85. The third-order valence-electron chi connectivity index (χ3n) is 2.88. The van der Waals surface area contributed by atoms with Crippen molar-refractivity contribution >= 4 is 17.5 Å². The van der Waals surface area contributed by atoms with Gasteiger partial charge in [-0.1, -0.05) is 25.1 Å². The Labute approximate surface area is 101 Å². The second-order valence-electron chi connectivity index (χ2n) is 4.16. The second-order valence-corrected chi connectivity index (χ2v) is 4.16. The lowest BCUT2D eigenvalue weighted by molar-refractivity contribution is -0.121. The molecule has 0 bridgehead atoms. The van der Waals surface area contributed by atoms with Crippen LogP contribution in [0.3, 0.4) is 0 Å². The zero-order valence-corrected chi connectivity index (χ0v) is 9.85. The Bertz CT molecular complexity index is 417. The average molecular weight is 232 g/mol. The molecule has 1 fully saturated rings. The first-order valence-corrected chi connectivity index (χ1v) is 5.85. The molecule has 17 heavy (non-hydrogen) atoms. The van der Waals surface area contributed by atoms with Crippen molar-refractivity contribution in [3.8, 4) is 0 Å². The predicted molar refractivity (Wildman–Crippen MR) is 65.6 cm³/mol. The molecule has 0 saturated carbocycles. The molecule has 2 amide bonds. The number of rotatable bonds is 3. The van der Waals surface area contributed by atoms with Crippen molar-refractivity contribution in [1.82, 2.24) is 5.32 Å². The molecule has 1 heterocycles. The van der Waals surface area contributed by atoms with Gasteiger partial charge in [-0.3, -0.25) is 9.59 Å². The Kier molecular flexibility index (Phi) is 3.42. The first kappa shape index (κ1) is 11.6. The first-order chi connectivity index (χ1) is 8.20. The lowest BCUT2D eigenvalue weighted by Crippen LogP contribution is -2.36. The van der Waals surface area contributed by atoms with E-state index in [1.165, 1.54) is 0 Å². The number of hydrogen-bond acceptors (Lipinski definition) is 2. The zero-order chi connectivity index (χ0) is 12.3. The maximum atomic E-state index is 11.8. The highest BCUT2D eigenvalue weighted by atomic mass is 16.2. The van der Waals surface area contributed by atoms with Crippen molar-refractivity contribution in [3.63, 3.8) is 0 Å². The van der Waals surface area contributed by atoms with Crippen LogP contribution in [0.1, 0.15) is 19.8 Å². The molecule has 1 atom stereocenters. The highest BCUT2D eigenvalue weighted by molar-refractivity contribution is 5.96. The fourth-order valence-electron chi connectivity index (χ4n) is 1.99. The highest BCUT2D eigenvalue weighted by Gasteiger charge is 2.30. The largest absolute Gasteiger partial charge is 0.351 e. The topological polar surface area (TPSA) is 49.4 Å². The molecular formula is C13H16N2O2. The highest BCUT2D eigenvalue weighted by Crippen LogP contribution is 2.20. The van der Waals surface area contributed by atoms with Gasteiger partial charge >= 0.3 is 0 Å². The van der Waals surface area contributed by atoms with Crippen molar-refractivity contribution < 1.29 is 9.59 Å². The van der Waals surface area contributed by atoms with E-state index >= 15 is 0 Å². The average Bonchev–Trinajstić information content (AvgIpc) is 2.71. The van der Waals surface area contributed by atoms with Gasteiger partial charge in [-0.15, -0.1) is 0 Å². The summed E-state index contributed by atoms with van der Waals surface area (Å²) in [5, 5.41) is 2.86. The fraction of sp³-hybridized carbons (Fsp3) is 0.385. The third-order valence-corrected chi connectivity index (χ3v) is 2.88. The van der Waals surface area contributed by atoms with Crippen LogP contribution in [0.4, 0.5) is 5.69 Å². The summed E-state index contributed by atoms with van der Waals surface area (Å²) in [6, 6.07) is 9.47. The van der Waals surface area contributed by atoms with E-state index in [0.717, 1.165) is 5.69 Å². The fourth-order valence-corrected chi connectivity index (χ4v) is 1.99. The Morgan fingerprint density at radius 2 is 2.12 bits per heavy atom. The molecule has 2 rings (SSSR count). The number of nitrogens with zero attached hydrogens (tertiary/aromatic N) is 1. The summed E-state index contributed by atoms with van der Waals surface area (Å²) in [4.78, 5) is 24.8. The monoisotopic (exact) mass is 232 g/mol. The normalized spacial score (nSPS) is 19.5. The van der Waals surface area contributed by atoms with Gasteiger partial charge in [-0.2, -0.15) is 0 Å². The van der Waals surface area contributed by atoms with E-state index in [1.807, 2.05) is 30.3 Å². The Morgan fingerprint density at radius 3 is 2.76 bits per heavy atom. The standard InChI is InChI=1S/C13H16N2O2/c1-2-12(16)14-10-8-13(17)15(9-10)11-6-4-3-5-7-11/h3-7,10H,2,8-9H2,1H3,(H,14,16)/t10-/m0/s1. The number of para-hydroxylation sites is 1. The summed E-state index contributed by atoms with van der Waals surface area (Å²) >= 11 is 0. The van der Waals surface area contributed by atoms with Crippen molar-refractivity contribution in [2.45, 2.75) is 25.8 Å². The molecule has 0 aliphatic carbocycles. The molecule has 1 saturated heterocycles. The molecule has 4 nitrogen and oxygen atoms in total. The number of benzene rings is 1. The van der Waals surface area contributed by atoms with E-state index in [-0.39, 0.29) is 17.9 Å². The molecule has 0 radical (unpaired) electrons. The van der Waals surface area contributed by atoms with Gasteiger partial charge in [0.25, 0.3) is 0 Å². The summed E-state index contributed by atoms with van der Waals surface area (Å²) in [6.07, 6.45) is 0.844. The van der Waals surface area contributed by atoms with E-state index in [2.05, 4.69) is 5.32 Å². The Balaban J connectivity index is 2.03. The minimum absolute atomic E-state index is 0.00212. The van der Waals surface area contributed by atoms with Crippen molar-refractivity contribution in [2.75, 3.05) is 11.4 Å². The molecule has 1 aliphatic heterocycles. The molecule has 0 aromatic heterocycles. The number of carbonyl (C=O) groups is 2. The molecule has 0 spiro atoms. The number of hydrogen-bond donors (Lipinski definition) is 1. The van der Waals surface area contributed by atoms with E-state index in [0.29, 0.717) is 19.4 Å². The van der Waals surface area contributed by atoms with E-state index < -0.39 is 0 Å². The molecular weight excluding hydrogens is 216 g/mol. The van der Waals surface area contributed by atoms with Crippen LogP contribution in [0.5, 0.6) is 0 Å². The van der Waals surface area contributed by atoms with E-state index in [9.17, 15) is 9.59 Å². The molecule has 90 valence electrons. The molecule has 1 aromatic rings. The smallest absolute Gasteiger partial charge is 0.229 e. The lowest BCUT2D eigenvalue weighted by atomic mass is 10.2. The quantitative estimate of drug-likeness (QED) is 0.854. The van der Waals surface area contributed by atoms with Crippen molar-refractivity contribution in [2.24, 2.45) is 0 Å². The van der Waals surface area contributed by atoms with Crippen LogP contribution in [-0.4, -0.2) is 24.4 Å². The van der Waals surface area contributed by atoms with Crippen molar-refractivity contribution in [3.05, 3.63) is 30.3 Å². The summed E-state index contributed by atoms with van der Waals surface area (Å²) in [5.74, 6) is 0.0651. The summed E-state index contributed by atoms with van der Waals surface area (Å²) in [7, 11) is 0. The molecule has 1 aliphatic rings. The van der Waals surface area contributed by atoms with Gasteiger partial charge in [-0.25, -0.2) is 0 Å². The second kappa shape index (κ2) is 4.99. The lowest BCUT2D eigenvalue weighted by Gasteiger charge is -2.16. The predicted octanol–water partition coefficient (Wildman–Crippen LogP) is 1.32. The summed E-state index contributed by atoms with van der Waals surface area (Å²) < 4.78 is 0. The van der Waals surface area contributed by atoms with Crippen LogP contribution < -0.4 is 10.2 Å². The number of amides is 2. The van der Waals surface area contributed by atoms with Crippen LogP contribution >= 0.6 is 0 Å². The van der Waals surface area contributed by atoms with Crippen LogP contribution in [0, 0.1) is 0 Å². The Morgan fingerprint density at radius 1 is 1.41 bits per heavy atom. The molecule has 0 unspecified atom stereocenters. The number of anilines is 1. The Hall–Kier alpha value is -1.84. The van der Waals surface area contributed by atoms with Gasteiger partial charge in [0, 0.05) is 25.1 Å². The third kappa shape index (κ3) is 2.64. The van der Waals surface area contributed by atoms with Gasteiger partial charge in [0.2, 0.25) is 11.8 Å². The van der Waals surface area contributed by atoms with Crippen molar-refractivity contribution in [1.29, 1.82) is 0 Å². The molecule has 4 heteroatoms. The SMILES string of the molecule is CCC(=O)N[C@H]1CC(=O)N(c2ccccc2)C1. The molecule has 1 aromatic carbocycles. The van der Waals surface area contributed by atoms with Crippen LogP contribution in [0.15, 0.2) is 30.3 Å². The van der Waals surface area contributed by atoms with Gasteiger partial charge in [0.15, 0.2) is 0 Å². The van der Waals surface area contributed by atoms with Gasteiger partial charge in [0.05, 0.1) is 6.04 Å². The minimum atomic E-state index is -0.0600. The van der Waals surface area contributed by atoms with Gasteiger partial charge < -0.3 is 10.2 Å². The van der Waals surface area contributed by atoms with Crippen LogP contribution in [0.25, 0.3) is 0 Å². The molecule has 1 N–H and O–H groups in total. The van der Waals surface area contributed by atoms with Crippen LogP contribution in [-0.2, 0) is 9.59 Å². The van der Waals surface area contributed by atoms with Gasteiger partial charge in [-0.05, 0) is 12.1 Å². The van der Waals surface area contributed by atoms with E-state index in [1.54, 1.807) is 11.8 Å².